The summed E-state index contributed by atoms with van der Waals surface area (Å²) in [5.74, 6) is -0.517. The topological polar surface area (TPSA) is 82.3 Å². The molecule has 2 aliphatic heterocycles. The van der Waals surface area contributed by atoms with E-state index in [0.29, 0.717) is 29.2 Å². The van der Waals surface area contributed by atoms with Crippen LogP contribution in [-0.2, 0) is 23.1 Å². The smallest absolute Gasteiger partial charge is 0.337 e. The first-order chi connectivity index (χ1) is 13.0. The van der Waals surface area contributed by atoms with Crippen molar-refractivity contribution in [2.45, 2.75) is 32.7 Å². The molecule has 0 amide bonds. The van der Waals surface area contributed by atoms with Gasteiger partial charge in [-0.05, 0) is 24.5 Å². The van der Waals surface area contributed by atoms with Gasteiger partial charge in [-0.3, -0.25) is 13.9 Å². The van der Waals surface area contributed by atoms with Crippen LogP contribution in [0.25, 0.3) is 0 Å². The average Bonchev–Trinajstić information content (AvgIpc) is 3.03. The van der Waals surface area contributed by atoms with Gasteiger partial charge in [0.2, 0.25) is 0 Å². The number of cyclic esters (lactones) is 1. The van der Waals surface area contributed by atoms with E-state index in [4.69, 9.17) is 4.74 Å². The SMILES string of the molecule is CCCn1c2c(c(=O)n(C)c1=O)C(c1ccccc1C)C1=C(COC1=O)N2. The molecule has 0 bridgehead atoms. The summed E-state index contributed by atoms with van der Waals surface area (Å²) in [6, 6.07) is 7.67. The molecule has 0 radical (unpaired) electrons. The molecule has 27 heavy (non-hydrogen) atoms. The van der Waals surface area contributed by atoms with Crippen molar-refractivity contribution in [2.24, 2.45) is 7.05 Å². The second kappa shape index (κ2) is 6.26. The number of anilines is 1. The van der Waals surface area contributed by atoms with Gasteiger partial charge in [-0.25, -0.2) is 9.59 Å². The Bertz CT molecular complexity index is 1110. The third kappa shape index (κ3) is 2.45. The van der Waals surface area contributed by atoms with Crippen LogP contribution < -0.4 is 16.6 Å². The van der Waals surface area contributed by atoms with Gasteiger partial charge in [0, 0.05) is 13.6 Å². The van der Waals surface area contributed by atoms with Crippen molar-refractivity contribution < 1.29 is 9.53 Å². The largest absolute Gasteiger partial charge is 0.456 e. The zero-order chi connectivity index (χ0) is 19.3. The zero-order valence-electron chi connectivity index (χ0n) is 15.5. The minimum absolute atomic E-state index is 0.117. The summed E-state index contributed by atoms with van der Waals surface area (Å²) in [7, 11) is 1.48. The number of ether oxygens (including phenoxy) is 1. The van der Waals surface area contributed by atoms with Gasteiger partial charge in [-0.1, -0.05) is 31.2 Å². The molecule has 1 unspecified atom stereocenters. The number of nitrogens with zero attached hydrogens (tertiary/aromatic N) is 2. The van der Waals surface area contributed by atoms with Gasteiger partial charge < -0.3 is 10.1 Å². The maximum Gasteiger partial charge on any atom is 0.337 e. The van der Waals surface area contributed by atoms with Gasteiger partial charge in [0.15, 0.2) is 0 Å². The fourth-order valence-corrected chi connectivity index (χ4v) is 3.94. The highest BCUT2D eigenvalue weighted by molar-refractivity contribution is 5.97. The lowest BCUT2D eigenvalue weighted by atomic mass is 9.81. The van der Waals surface area contributed by atoms with Crippen LogP contribution in [0.2, 0.25) is 0 Å². The van der Waals surface area contributed by atoms with E-state index in [2.05, 4.69) is 5.32 Å². The molecule has 1 N–H and O–H groups in total. The lowest BCUT2D eigenvalue weighted by Gasteiger charge is -2.29. The van der Waals surface area contributed by atoms with Crippen molar-refractivity contribution in [1.29, 1.82) is 0 Å². The molecule has 4 rings (SSSR count). The maximum absolute atomic E-state index is 13.1. The molecule has 3 heterocycles. The average molecular weight is 367 g/mol. The summed E-state index contributed by atoms with van der Waals surface area (Å²) < 4.78 is 7.95. The van der Waals surface area contributed by atoms with Crippen molar-refractivity contribution in [1.82, 2.24) is 9.13 Å². The van der Waals surface area contributed by atoms with Crippen molar-refractivity contribution >= 4 is 11.8 Å². The Morgan fingerprint density at radius 1 is 1.22 bits per heavy atom. The van der Waals surface area contributed by atoms with Crippen LogP contribution in [0.4, 0.5) is 5.82 Å². The van der Waals surface area contributed by atoms with E-state index < -0.39 is 17.4 Å². The minimum Gasteiger partial charge on any atom is -0.456 e. The molecule has 2 aliphatic rings. The summed E-state index contributed by atoms with van der Waals surface area (Å²) in [6.07, 6.45) is 0.739. The quantitative estimate of drug-likeness (QED) is 0.834. The van der Waals surface area contributed by atoms with Gasteiger partial charge >= 0.3 is 11.7 Å². The number of carbonyl (C=O) groups excluding carboxylic acids is 1. The molecule has 7 nitrogen and oxygen atoms in total. The zero-order valence-corrected chi connectivity index (χ0v) is 15.5. The lowest BCUT2D eigenvalue weighted by Crippen LogP contribution is -2.44. The monoisotopic (exact) mass is 367 g/mol. The van der Waals surface area contributed by atoms with Gasteiger partial charge in [0.25, 0.3) is 5.56 Å². The molecule has 7 heteroatoms. The summed E-state index contributed by atoms with van der Waals surface area (Å²) in [4.78, 5) is 38.3. The van der Waals surface area contributed by atoms with E-state index in [1.165, 1.54) is 7.05 Å². The summed E-state index contributed by atoms with van der Waals surface area (Å²) in [5, 5.41) is 3.15. The van der Waals surface area contributed by atoms with Crippen LogP contribution in [0.1, 0.15) is 36.0 Å². The Morgan fingerprint density at radius 3 is 2.67 bits per heavy atom. The summed E-state index contributed by atoms with van der Waals surface area (Å²) in [6.45, 7) is 4.51. The first-order valence-electron chi connectivity index (χ1n) is 9.02. The van der Waals surface area contributed by atoms with Crippen molar-refractivity contribution in [3.05, 3.63) is 73.1 Å². The molecule has 0 fully saturated rings. The standard InChI is InChI=1S/C20H21N3O4/c1-4-9-23-17-16(18(24)22(3)20(23)26)14(12-8-6-5-7-11(12)2)15-13(21-17)10-27-19(15)25/h5-8,14,21H,4,9-10H2,1-3H3. The molecule has 140 valence electrons. The maximum atomic E-state index is 13.1. The first kappa shape index (κ1) is 17.3. The number of hydrogen-bond donors (Lipinski definition) is 1. The van der Waals surface area contributed by atoms with E-state index in [-0.39, 0.29) is 12.3 Å². The van der Waals surface area contributed by atoms with Gasteiger partial charge in [-0.15, -0.1) is 0 Å². The van der Waals surface area contributed by atoms with Crippen LogP contribution in [0.5, 0.6) is 0 Å². The molecule has 2 aromatic rings. The molecule has 1 aromatic heterocycles. The minimum atomic E-state index is -0.560. The Kier molecular flexibility index (Phi) is 4.02. The van der Waals surface area contributed by atoms with Crippen molar-refractivity contribution in [3.8, 4) is 0 Å². The number of hydrogen-bond acceptors (Lipinski definition) is 5. The normalized spacial score (nSPS) is 18.0. The number of benzene rings is 1. The molecule has 0 aliphatic carbocycles. The van der Waals surface area contributed by atoms with Gasteiger partial charge in [0.1, 0.15) is 12.4 Å². The van der Waals surface area contributed by atoms with Crippen molar-refractivity contribution in [3.63, 3.8) is 0 Å². The fraction of sp³-hybridized carbons (Fsp3) is 0.350. The predicted molar refractivity (Wildman–Crippen MR) is 101 cm³/mol. The van der Waals surface area contributed by atoms with E-state index >= 15 is 0 Å². The van der Waals surface area contributed by atoms with Crippen LogP contribution in [0.3, 0.4) is 0 Å². The molecule has 0 saturated carbocycles. The molecule has 1 aromatic carbocycles. The first-order valence-corrected chi connectivity index (χ1v) is 9.02. The van der Waals surface area contributed by atoms with Crippen LogP contribution in [0, 0.1) is 6.92 Å². The molecule has 1 atom stereocenters. The molecular formula is C20H21N3O4. The second-order valence-corrected chi connectivity index (χ2v) is 6.94. The van der Waals surface area contributed by atoms with E-state index in [1.54, 1.807) is 4.57 Å². The number of carbonyl (C=O) groups is 1. The predicted octanol–water partition coefficient (Wildman–Crippen LogP) is 1.63. The Labute approximate surface area is 155 Å². The van der Waals surface area contributed by atoms with E-state index in [1.807, 2.05) is 38.1 Å². The van der Waals surface area contributed by atoms with Crippen LogP contribution >= 0.6 is 0 Å². The van der Waals surface area contributed by atoms with E-state index in [9.17, 15) is 14.4 Å². The number of esters is 1. The Morgan fingerprint density at radius 2 is 1.96 bits per heavy atom. The summed E-state index contributed by atoms with van der Waals surface area (Å²) in [5.41, 5.74) is 2.56. The number of nitrogens with one attached hydrogen (secondary N) is 1. The third-order valence-electron chi connectivity index (χ3n) is 5.26. The molecule has 0 saturated heterocycles. The third-order valence-corrected chi connectivity index (χ3v) is 5.26. The van der Waals surface area contributed by atoms with Crippen molar-refractivity contribution in [2.75, 3.05) is 11.9 Å². The van der Waals surface area contributed by atoms with Crippen LogP contribution in [-0.4, -0.2) is 21.7 Å². The highest BCUT2D eigenvalue weighted by atomic mass is 16.5. The van der Waals surface area contributed by atoms with Gasteiger partial charge in [-0.2, -0.15) is 0 Å². The number of rotatable bonds is 3. The lowest BCUT2D eigenvalue weighted by molar-refractivity contribution is -0.136. The fourth-order valence-electron chi connectivity index (χ4n) is 3.94. The van der Waals surface area contributed by atoms with Gasteiger partial charge in [0.05, 0.1) is 22.8 Å². The molecular weight excluding hydrogens is 346 g/mol. The van der Waals surface area contributed by atoms with E-state index in [0.717, 1.165) is 22.1 Å². The number of fused-ring (bicyclic) bond motifs is 1. The second-order valence-electron chi connectivity index (χ2n) is 6.94. The highest BCUT2D eigenvalue weighted by Gasteiger charge is 2.42. The summed E-state index contributed by atoms with van der Waals surface area (Å²) >= 11 is 0. The Balaban J connectivity index is 2.10. The molecule has 0 spiro atoms. The van der Waals surface area contributed by atoms with Crippen LogP contribution in [0.15, 0.2) is 45.1 Å². The Hall–Kier alpha value is -3.09. The number of aryl methyl sites for hydroxylation is 1. The number of aromatic nitrogens is 2. The highest BCUT2D eigenvalue weighted by Crippen LogP contribution is 2.43.